The van der Waals surface area contributed by atoms with Gasteiger partial charge < -0.3 is 10.3 Å². The largest absolute Gasteiger partial charge is 0.384 e. The van der Waals surface area contributed by atoms with E-state index in [1.807, 2.05) is 6.92 Å². The highest BCUT2D eigenvalue weighted by Crippen LogP contribution is 2.22. The smallest absolute Gasteiger partial charge is 0.143 e. The zero-order valence-electron chi connectivity index (χ0n) is 7.48. The van der Waals surface area contributed by atoms with Crippen LogP contribution in [-0.4, -0.2) is 14.9 Å². The first kappa shape index (κ1) is 7.85. The Morgan fingerprint density at radius 3 is 2.77 bits per heavy atom. The standard InChI is InChI=1S/C8H10N4O/c1-5-6(4-10-13-5)7-3-8(9)12(2)11-7/h3-4H,9H2,1-2H3. The number of aromatic nitrogens is 3. The average Bonchev–Trinajstić information content (AvgIpc) is 2.60. The minimum absolute atomic E-state index is 0.621. The summed E-state index contributed by atoms with van der Waals surface area (Å²) in [4.78, 5) is 0. The zero-order chi connectivity index (χ0) is 9.42. The Morgan fingerprint density at radius 2 is 2.31 bits per heavy atom. The molecule has 2 heterocycles. The van der Waals surface area contributed by atoms with Crippen LogP contribution < -0.4 is 5.73 Å². The molecule has 68 valence electrons. The van der Waals surface area contributed by atoms with E-state index in [-0.39, 0.29) is 0 Å². The van der Waals surface area contributed by atoms with Crippen LogP contribution in [0, 0.1) is 6.92 Å². The van der Waals surface area contributed by atoms with Crippen molar-refractivity contribution in [3.63, 3.8) is 0 Å². The van der Waals surface area contributed by atoms with E-state index in [9.17, 15) is 0 Å². The van der Waals surface area contributed by atoms with Crippen LogP contribution in [0.3, 0.4) is 0 Å². The van der Waals surface area contributed by atoms with E-state index in [1.54, 1.807) is 24.0 Å². The van der Waals surface area contributed by atoms with Crippen LogP contribution >= 0.6 is 0 Å². The second-order valence-electron chi connectivity index (χ2n) is 2.87. The van der Waals surface area contributed by atoms with E-state index in [1.165, 1.54) is 0 Å². The lowest BCUT2D eigenvalue weighted by Crippen LogP contribution is -1.96. The lowest BCUT2D eigenvalue weighted by Gasteiger charge is -1.89. The van der Waals surface area contributed by atoms with E-state index >= 15 is 0 Å². The Labute approximate surface area is 75.1 Å². The Morgan fingerprint density at radius 1 is 1.54 bits per heavy atom. The molecule has 0 aliphatic heterocycles. The molecule has 0 aliphatic rings. The number of aryl methyl sites for hydroxylation is 2. The van der Waals surface area contributed by atoms with Crippen LogP contribution in [0.15, 0.2) is 16.8 Å². The molecular formula is C8H10N4O. The van der Waals surface area contributed by atoms with Gasteiger partial charge in [0.2, 0.25) is 0 Å². The monoisotopic (exact) mass is 178 g/mol. The van der Waals surface area contributed by atoms with Gasteiger partial charge in [0.1, 0.15) is 11.6 Å². The average molecular weight is 178 g/mol. The molecule has 0 fully saturated rings. The summed E-state index contributed by atoms with van der Waals surface area (Å²) in [5.41, 5.74) is 7.32. The molecule has 0 atom stereocenters. The molecule has 2 N–H and O–H groups in total. The van der Waals surface area contributed by atoms with Gasteiger partial charge in [-0.1, -0.05) is 5.16 Å². The summed E-state index contributed by atoms with van der Waals surface area (Å²) in [5.74, 6) is 1.37. The molecule has 0 bridgehead atoms. The molecule has 0 spiro atoms. The number of rotatable bonds is 1. The van der Waals surface area contributed by atoms with Gasteiger partial charge in [0.05, 0.1) is 17.5 Å². The highest BCUT2D eigenvalue weighted by molar-refractivity contribution is 5.62. The van der Waals surface area contributed by atoms with Gasteiger partial charge >= 0.3 is 0 Å². The highest BCUT2D eigenvalue weighted by Gasteiger charge is 2.10. The van der Waals surface area contributed by atoms with E-state index in [4.69, 9.17) is 10.3 Å². The minimum atomic E-state index is 0.621. The lowest BCUT2D eigenvalue weighted by molar-refractivity contribution is 0.398. The van der Waals surface area contributed by atoms with Crippen molar-refractivity contribution >= 4 is 5.82 Å². The number of nitrogen functional groups attached to an aromatic ring is 1. The second kappa shape index (κ2) is 2.62. The van der Waals surface area contributed by atoms with E-state index < -0.39 is 0 Å². The number of nitrogens with two attached hydrogens (primary N) is 1. The Hall–Kier alpha value is -1.78. The van der Waals surface area contributed by atoms with Crippen LogP contribution in [0.2, 0.25) is 0 Å². The van der Waals surface area contributed by atoms with Crippen molar-refractivity contribution in [3.05, 3.63) is 18.0 Å². The maximum absolute atomic E-state index is 5.65. The molecule has 2 rings (SSSR count). The van der Waals surface area contributed by atoms with E-state index in [0.29, 0.717) is 5.82 Å². The Kier molecular flexibility index (Phi) is 1.58. The summed E-state index contributed by atoms with van der Waals surface area (Å²) < 4.78 is 6.54. The number of hydrogen-bond donors (Lipinski definition) is 1. The normalized spacial score (nSPS) is 10.6. The van der Waals surface area contributed by atoms with Crippen molar-refractivity contribution in [2.24, 2.45) is 7.05 Å². The van der Waals surface area contributed by atoms with E-state index in [0.717, 1.165) is 17.0 Å². The maximum atomic E-state index is 5.65. The van der Waals surface area contributed by atoms with Crippen LogP contribution in [-0.2, 0) is 7.05 Å². The predicted molar refractivity (Wildman–Crippen MR) is 47.9 cm³/mol. The van der Waals surface area contributed by atoms with Crippen LogP contribution in [0.4, 0.5) is 5.82 Å². The number of nitrogens with zero attached hydrogens (tertiary/aromatic N) is 3. The topological polar surface area (TPSA) is 69.9 Å². The molecule has 5 heteroatoms. The summed E-state index contributed by atoms with van der Waals surface area (Å²) in [6.45, 7) is 1.84. The second-order valence-corrected chi connectivity index (χ2v) is 2.87. The first-order valence-electron chi connectivity index (χ1n) is 3.89. The highest BCUT2D eigenvalue weighted by atomic mass is 16.5. The van der Waals surface area contributed by atoms with Gasteiger partial charge in [-0.25, -0.2) is 0 Å². The fraction of sp³-hybridized carbons (Fsp3) is 0.250. The third-order valence-electron chi connectivity index (χ3n) is 1.94. The molecule has 0 radical (unpaired) electrons. The van der Waals surface area contributed by atoms with E-state index in [2.05, 4.69) is 10.3 Å². The zero-order valence-corrected chi connectivity index (χ0v) is 7.48. The van der Waals surface area contributed by atoms with Crippen LogP contribution in [0.5, 0.6) is 0 Å². The van der Waals surface area contributed by atoms with Crippen LogP contribution in [0.25, 0.3) is 11.3 Å². The summed E-state index contributed by atoms with van der Waals surface area (Å²) >= 11 is 0. The number of hydrogen-bond acceptors (Lipinski definition) is 4. The molecule has 0 amide bonds. The van der Waals surface area contributed by atoms with Gasteiger partial charge in [-0.15, -0.1) is 0 Å². The Balaban J connectivity index is 2.53. The van der Waals surface area contributed by atoms with Crippen molar-refractivity contribution < 1.29 is 4.52 Å². The molecular weight excluding hydrogens is 168 g/mol. The van der Waals surface area contributed by atoms with Crippen molar-refractivity contribution in [1.29, 1.82) is 0 Å². The van der Waals surface area contributed by atoms with Crippen molar-refractivity contribution in [2.75, 3.05) is 5.73 Å². The molecule has 0 aromatic carbocycles. The maximum Gasteiger partial charge on any atom is 0.143 e. The van der Waals surface area contributed by atoms with Crippen LogP contribution in [0.1, 0.15) is 5.76 Å². The van der Waals surface area contributed by atoms with Crippen molar-refractivity contribution in [2.45, 2.75) is 6.92 Å². The summed E-state index contributed by atoms with van der Waals surface area (Å²) in [6.07, 6.45) is 1.64. The predicted octanol–water partition coefficient (Wildman–Crippen LogP) is 0.966. The van der Waals surface area contributed by atoms with Gasteiger partial charge in [-0.2, -0.15) is 5.10 Å². The van der Waals surface area contributed by atoms with Gasteiger partial charge in [0.25, 0.3) is 0 Å². The molecule has 0 unspecified atom stereocenters. The molecule has 0 saturated heterocycles. The van der Waals surface area contributed by atoms with Gasteiger partial charge in [-0.05, 0) is 6.92 Å². The van der Waals surface area contributed by atoms with Gasteiger partial charge in [-0.3, -0.25) is 4.68 Å². The van der Waals surface area contributed by atoms with Crippen molar-refractivity contribution in [1.82, 2.24) is 14.9 Å². The molecule has 5 nitrogen and oxygen atoms in total. The first-order chi connectivity index (χ1) is 6.18. The van der Waals surface area contributed by atoms with Crippen molar-refractivity contribution in [3.8, 4) is 11.3 Å². The summed E-state index contributed by atoms with van der Waals surface area (Å²) in [7, 11) is 1.79. The molecule has 2 aromatic heterocycles. The van der Waals surface area contributed by atoms with Gasteiger partial charge in [0.15, 0.2) is 0 Å². The molecule has 13 heavy (non-hydrogen) atoms. The quantitative estimate of drug-likeness (QED) is 0.706. The number of anilines is 1. The third-order valence-corrected chi connectivity index (χ3v) is 1.94. The Bertz CT molecular complexity index is 410. The summed E-state index contributed by atoms with van der Waals surface area (Å²) in [6, 6.07) is 1.79. The fourth-order valence-electron chi connectivity index (χ4n) is 1.16. The molecule has 2 aromatic rings. The summed E-state index contributed by atoms with van der Waals surface area (Å²) in [5, 5.41) is 7.88. The first-order valence-corrected chi connectivity index (χ1v) is 3.89. The third kappa shape index (κ3) is 1.18. The van der Waals surface area contributed by atoms with Gasteiger partial charge in [0, 0.05) is 13.1 Å². The minimum Gasteiger partial charge on any atom is -0.384 e. The molecule has 0 saturated carbocycles. The SMILES string of the molecule is Cc1oncc1-c1cc(N)n(C)n1. The molecule has 0 aliphatic carbocycles. The fourth-order valence-corrected chi connectivity index (χ4v) is 1.16. The lowest BCUT2D eigenvalue weighted by atomic mass is 10.2.